The quantitative estimate of drug-likeness (QED) is 0.914. The molecule has 1 aliphatic heterocycles. The van der Waals surface area contributed by atoms with Gasteiger partial charge in [-0.25, -0.2) is 0 Å². The third kappa shape index (κ3) is 3.83. The zero-order valence-electron chi connectivity index (χ0n) is 12.9. The minimum atomic E-state index is 0.170. The Kier molecular flexibility index (Phi) is 5.18. The largest absolute Gasteiger partial charge is 0.326 e. The molecule has 0 unspecified atom stereocenters. The number of nitrogens with one attached hydrogen (secondary N) is 1. The molecule has 0 spiro atoms. The molecule has 1 amide bonds. The number of anilines is 1. The molecule has 0 aromatic heterocycles. The molecule has 1 aromatic carbocycles. The number of rotatable bonds is 4. The van der Waals surface area contributed by atoms with Crippen LogP contribution in [0.2, 0.25) is 0 Å². The number of carbonyl (C=O) groups is 1. The minimum absolute atomic E-state index is 0.170. The highest BCUT2D eigenvalue weighted by Crippen LogP contribution is 2.24. The van der Waals surface area contributed by atoms with E-state index in [-0.39, 0.29) is 5.91 Å². The number of aryl methyl sites for hydroxylation is 2. The molecule has 20 heavy (non-hydrogen) atoms. The van der Waals surface area contributed by atoms with Gasteiger partial charge in [-0.2, -0.15) is 0 Å². The van der Waals surface area contributed by atoms with Crippen LogP contribution in [0.3, 0.4) is 0 Å². The summed E-state index contributed by atoms with van der Waals surface area (Å²) in [5.74, 6) is 0.712. The molecule has 1 aliphatic rings. The van der Waals surface area contributed by atoms with E-state index < -0.39 is 0 Å². The van der Waals surface area contributed by atoms with Gasteiger partial charge in [-0.15, -0.1) is 0 Å². The van der Waals surface area contributed by atoms with Crippen LogP contribution in [0.15, 0.2) is 18.2 Å². The summed E-state index contributed by atoms with van der Waals surface area (Å²) >= 11 is 0. The summed E-state index contributed by atoms with van der Waals surface area (Å²) in [5.41, 5.74) is 3.40. The van der Waals surface area contributed by atoms with Gasteiger partial charge >= 0.3 is 0 Å². The van der Waals surface area contributed by atoms with Gasteiger partial charge in [0.1, 0.15) is 0 Å². The van der Waals surface area contributed by atoms with Gasteiger partial charge < -0.3 is 10.2 Å². The third-order valence-corrected chi connectivity index (χ3v) is 4.32. The molecule has 0 bridgehead atoms. The Morgan fingerprint density at radius 3 is 2.70 bits per heavy atom. The lowest BCUT2D eigenvalue weighted by molar-refractivity contribution is -0.117. The van der Waals surface area contributed by atoms with Crippen LogP contribution in [-0.2, 0) is 11.2 Å². The molecule has 0 radical (unpaired) electrons. The van der Waals surface area contributed by atoms with Gasteiger partial charge in [-0.05, 0) is 63.4 Å². The SMILES string of the molecule is CCc1cccc(C)c1NC(=O)CC1CCN(C)CC1. The molecule has 3 heteroatoms. The standard InChI is InChI=1S/C17H26N2O/c1-4-15-7-5-6-13(2)17(15)18-16(20)12-14-8-10-19(3)11-9-14/h5-7,14H,4,8-12H2,1-3H3,(H,18,20). The van der Waals surface area contributed by atoms with Crippen LogP contribution >= 0.6 is 0 Å². The molecular formula is C17H26N2O. The number of nitrogens with zero attached hydrogens (tertiary/aromatic N) is 1. The van der Waals surface area contributed by atoms with E-state index in [1.54, 1.807) is 0 Å². The van der Waals surface area contributed by atoms with Crippen molar-refractivity contribution in [3.8, 4) is 0 Å². The van der Waals surface area contributed by atoms with Gasteiger partial charge in [-0.3, -0.25) is 4.79 Å². The topological polar surface area (TPSA) is 32.3 Å². The van der Waals surface area contributed by atoms with Crippen molar-refractivity contribution in [3.05, 3.63) is 29.3 Å². The van der Waals surface area contributed by atoms with E-state index in [0.29, 0.717) is 12.3 Å². The molecule has 0 aliphatic carbocycles. The van der Waals surface area contributed by atoms with E-state index >= 15 is 0 Å². The fraction of sp³-hybridized carbons (Fsp3) is 0.588. The lowest BCUT2D eigenvalue weighted by atomic mass is 9.93. The maximum atomic E-state index is 12.3. The first kappa shape index (κ1) is 15.0. The molecule has 0 atom stereocenters. The average Bonchev–Trinajstić information content (AvgIpc) is 2.43. The molecule has 1 heterocycles. The molecule has 1 N–H and O–H groups in total. The first-order valence-electron chi connectivity index (χ1n) is 7.67. The summed E-state index contributed by atoms with van der Waals surface area (Å²) in [6.07, 6.45) is 3.88. The number of benzene rings is 1. The highest BCUT2D eigenvalue weighted by Gasteiger charge is 2.20. The second-order valence-electron chi connectivity index (χ2n) is 5.96. The summed E-state index contributed by atoms with van der Waals surface area (Å²) in [6, 6.07) is 6.21. The van der Waals surface area contributed by atoms with Crippen LogP contribution in [0.4, 0.5) is 5.69 Å². The van der Waals surface area contributed by atoms with Crippen molar-refractivity contribution in [1.29, 1.82) is 0 Å². The first-order valence-corrected chi connectivity index (χ1v) is 7.67. The minimum Gasteiger partial charge on any atom is -0.326 e. The van der Waals surface area contributed by atoms with Crippen molar-refractivity contribution < 1.29 is 4.79 Å². The summed E-state index contributed by atoms with van der Waals surface area (Å²) in [7, 11) is 2.15. The number of likely N-dealkylation sites (tertiary alicyclic amines) is 1. The van der Waals surface area contributed by atoms with Crippen molar-refractivity contribution >= 4 is 11.6 Å². The predicted molar refractivity (Wildman–Crippen MR) is 84.0 cm³/mol. The van der Waals surface area contributed by atoms with Crippen LogP contribution in [0.25, 0.3) is 0 Å². The summed E-state index contributed by atoms with van der Waals surface area (Å²) in [6.45, 7) is 6.41. The second-order valence-corrected chi connectivity index (χ2v) is 5.96. The number of amides is 1. The maximum absolute atomic E-state index is 12.3. The van der Waals surface area contributed by atoms with E-state index in [4.69, 9.17) is 0 Å². The molecule has 2 rings (SSSR count). The van der Waals surface area contributed by atoms with E-state index in [1.165, 1.54) is 5.56 Å². The Hall–Kier alpha value is -1.35. The van der Waals surface area contributed by atoms with Crippen LogP contribution in [0, 0.1) is 12.8 Å². The zero-order valence-corrected chi connectivity index (χ0v) is 12.9. The Balaban J connectivity index is 1.95. The summed E-state index contributed by atoms with van der Waals surface area (Å²) < 4.78 is 0. The average molecular weight is 274 g/mol. The highest BCUT2D eigenvalue weighted by atomic mass is 16.1. The van der Waals surface area contributed by atoms with Crippen LogP contribution in [0.1, 0.15) is 37.3 Å². The number of piperidine rings is 1. The smallest absolute Gasteiger partial charge is 0.224 e. The number of hydrogen-bond donors (Lipinski definition) is 1. The fourth-order valence-corrected chi connectivity index (χ4v) is 2.92. The molecule has 1 aromatic rings. The first-order chi connectivity index (χ1) is 9.60. The molecule has 110 valence electrons. The lowest BCUT2D eigenvalue weighted by Gasteiger charge is -2.28. The molecule has 1 fully saturated rings. The number of hydrogen-bond acceptors (Lipinski definition) is 2. The van der Waals surface area contributed by atoms with Crippen molar-refractivity contribution in [2.24, 2.45) is 5.92 Å². The van der Waals surface area contributed by atoms with Crippen molar-refractivity contribution in [2.75, 3.05) is 25.5 Å². The third-order valence-electron chi connectivity index (χ3n) is 4.32. The maximum Gasteiger partial charge on any atom is 0.224 e. The molecule has 3 nitrogen and oxygen atoms in total. The number of carbonyl (C=O) groups excluding carboxylic acids is 1. The summed E-state index contributed by atoms with van der Waals surface area (Å²) in [4.78, 5) is 14.6. The Bertz CT molecular complexity index is 462. The van der Waals surface area contributed by atoms with E-state index in [0.717, 1.165) is 43.6 Å². The Morgan fingerprint density at radius 1 is 1.35 bits per heavy atom. The van der Waals surface area contributed by atoms with Gasteiger partial charge in [0.05, 0.1) is 0 Å². The van der Waals surface area contributed by atoms with Crippen molar-refractivity contribution in [2.45, 2.75) is 39.5 Å². The zero-order chi connectivity index (χ0) is 14.5. The van der Waals surface area contributed by atoms with Crippen LogP contribution in [0.5, 0.6) is 0 Å². The fourth-order valence-electron chi connectivity index (χ4n) is 2.92. The molecular weight excluding hydrogens is 248 g/mol. The Labute approximate surface area is 122 Å². The lowest BCUT2D eigenvalue weighted by Crippen LogP contribution is -2.32. The predicted octanol–water partition coefficient (Wildman–Crippen LogP) is 3.23. The van der Waals surface area contributed by atoms with Gasteiger partial charge in [0.2, 0.25) is 5.91 Å². The van der Waals surface area contributed by atoms with Crippen molar-refractivity contribution in [3.63, 3.8) is 0 Å². The van der Waals surface area contributed by atoms with Gasteiger partial charge in [-0.1, -0.05) is 25.1 Å². The monoisotopic (exact) mass is 274 g/mol. The van der Waals surface area contributed by atoms with E-state index in [9.17, 15) is 4.79 Å². The van der Waals surface area contributed by atoms with Gasteiger partial charge in [0, 0.05) is 12.1 Å². The second kappa shape index (κ2) is 6.89. The van der Waals surface area contributed by atoms with Crippen LogP contribution < -0.4 is 5.32 Å². The Morgan fingerprint density at radius 2 is 2.05 bits per heavy atom. The highest BCUT2D eigenvalue weighted by molar-refractivity contribution is 5.92. The summed E-state index contributed by atoms with van der Waals surface area (Å²) in [5, 5.41) is 3.14. The number of para-hydroxylation sites is 1. The van der Waals surface area contributed by atoms with E-state index in [2.05, 4.69) is 49.3 Å². The van der Waals surface area contributed by atoms with Crippen molar-refractivity contribution in [1.82, 2.24) is 4.90 Å². The molecule has 1 saturated heterocycles. The van der Waals surface area contributed by atoms with E-state index in [1.807, 2.05) is 0 Å². The molecule has 0 saturated carbocycles. The van der Waals surface area contributed by atoms with Crippen LogP contribution in [-0.4, -0.2) is 30.9 Å². The van der Waals surface area contributed by atoms with Gasteiger partial charge in [0.15, 0.2) is 0 Å². The van der Waals surface area contributed by atoms with Gasteiger partial charge in [0.25, 0.3) is 0 Å². The normalized spacial score (nSPS) is 17.1.